The predicted octanol–water partition coefficient (Wildman–Crippen LogP) is 7.38. The molecule has 0 heterocycles. The molecule has 0 fully saturated rings. The van der Waals surface area contributed by atoms with Crippen molar-refractivity contribution in [3.05, 3.63) is 58.9 Å². The Morgan fingerprint density at radius 1 is 0.903 bits per heavy atom. The van der Waals surface area contributed by atoms with Gasteiger partial charge in [0.15, 0.2) is 20.0 Å². The van der Waals surface area contributed by atoms with Crippen molar-refractivity contribution in [3.63, 3.8) is 0 Å². The topological polar surface area (TPSA) is 41.5 Å². The molecule has 0 saturated heterocycles. The van der Waals surface area contributed by atoms with Gasteiger partial charge in [-0.05, 0) is 47.3 Å². The first-order valence-corrected chi connectivity index (χ1v) is 12.9. The Morgan fingerprint density at radius 3 is 2.00 bits per heavy atom. The quantitative estimate of drug-likeness (QED) is 0.389. The van der Waals surface area contributed by atoms with Crippen LogP contribution in [0.2, 0.25) is 16.6 Å². The second kappa shape index (κ2) is 10.2. The van der Waals surface area contributed by atoms with Crippen LogP contribution in [0.1, 0.15) is 58.8 Å². The normalized spacial score (nSPS) is 13.4. The van der Waals surface area contributed by atoms with Crippen LogP contribution in [-0.4, -0.2) is 20.0 Å². The zero-order valence-corrected chi connectivity index (χ0v) is 20.4. The SMILES string of the molecule is Cc1ccc(Nc2c(C(O)CO[Si](C(C)C)(C(C)C)C(C)C)ccc(F)c2F)c(F)c1. The van der Waals surface area contributed by atoms with Crippen molar-refractivity contribution in [1.82, 2.24) is 0 Å². The average Bonchev–Trinajstić information content (AvgIpc) is 2.66. The van der Waals surface area contributed by atoms with Crippen LogP contribution >= 0.6 is 0 Å². The highest BCUT2D eigenvalue weighted by molar-refractivity contribution is 6.77. The molecule has 2 aromatic carbocycles. The van der Waals surface area contributed by atoms with Crippen LogP contribution in [0.3, 0.4) is 0 Å². The molecule has 0 aliphatic rings. The highest BCUT2D eigenvalue weighted by atomic mass is 28.4. The van der Waals surface area contributed by atoms with Gasteiger partial charge in [-0.25, -0.2) is 13.2 Å². The summed E-state index contributed by atoms with van der Waals surface area (Å²) in [5.74, 6) is -2.84. The van der Waals surface area contributed by atoms with Gasteiger partial charge in [0.1, 0.15) is 11.9 Å². The number of aryl methyl sites for hydroxylation is 1. The number of benzene rings is 2. The number of nitrogens with one attached hydrogen (secondary N) is 1. The lowest BCUT2D eigenvalue weighted by atomic mass is 10.1. The number of hydrogen-bond donors (Lipinski definition) is 2. The third-order valence-electron chi connectivity index (χ3n) is 6.07. The number of aliphatic hydroxyl groups is 1. The molecule has 0 aliphatic carbocycles. The Labute approximate surface area is 184 Å². The maximum absolute atomic E-state index is 14.7. The zero-order valence-electron chi connectivity index (χ0n) is 19.4. The Morgan fingerprint density at radius 2 is 1.48 bits per heavy atom. The second-order valence-corrected chi connectivity index (χ2v) is 14.5. The fourth-order valence-electron chi connectivity index (χ4n) is 4.64. The summed E-state index contributed by atoms with van der Waals surface area (Å²) in [6, 6.07) is 6.69. The largest absolute Gasteiger partial charge is 0.413 e. The first-order chi connectivity index (χ1) is 14.4. The molecule has 0 saturated carbocycles. The van der Waals surface area contributed by atoms with E-state index in [0.29, 0.717) is 22.2 Å². The van der Waals surface area contributed by atoms with E-state index in [1.807, 2.05) is 0 Å². The van der Waals surface area contributed by atoms with E-state index in [4.69, 9.17) is 4.43 Å². The molecule has 1 unspecified atom stereocenters. The van der Waals surface area contributed by atoms with Crippen molar-refractivity contribution >= 4 is 19.7 Å². The second-order valence-electron chi connectivity index (χ2n) is 9.08. The highest BCUT2D eigenvalue weighted by Crippen LogP contribution is 2.43. The van der Waals surface area contributed by atoms with Gasteiger partial charge in [0.25, 0.3) is 0 Å². The summed E-state index contributed by atoms with van der Waals surface area (Å²) in [5, 5.41) is 13.5. The van der Waals surface area contributed by atoms with E-state index in [2.05, 4.69) is 46.9 Å². The summed E-state index contributed by atoms with van der Waals surface area (Å²) in [5.41, 5.74) is 1.47. The summed E-state index contributed by atoms with van der Waals surface area (Å²) in [6.07, 6.45) is -1.20. The third kappa shape index (κ3) is 5.33. The summed E-state index contributed by atoms with van der Waals surface area (Å²) in [4.78, 5) is 0. The smallest absolute Gasteiger partial charge is 0.200 e. The molecule has 7 heteroatoms. The number of rotatable bonds is 9. The summed E-state index contributed by atoms with van der Waals surface area (Å²) >= 11 is 0. The average molecular weight is 454 g/mol. The van der Waals surface area contributed by atoms with Gasteiger partial charge in [-0.3, -0.25) is 0 Å². The molecule has 0 aliphatic heterocycles. The Kier molecular flexibility index (Phi) is 8.36. The van der Waals surface area contributed by atoms with Crippen molar-refractivity contribution in [2.45, 2.75) is 71.2 Å². The molecule has 172 valence electrons. The van der Waals surface area contributed by atoms with Crippen molar-refractivity contribution in [2.75, 3.05) is 11.9 Å². The molecule has 2 rings (SSSR count). The molecule has 0 spiro atoms. The molecule has 0 amide bonds. The van der Waals surface area contributed by atoms with Crippen molar-refractivity contribution in [2.24, 2.45) is 0 Å². The molecule has 31 heavy (non-hydrogen) atoms. The van der Waals surface area contributed by atoms with Crippen LogP contribution in [0.4, 0.5) is 24.5 Å². The van der Waals surface area contributed by atoms with E-state index in [1.165, 1.54) is 18.2 Å². The molecule has 1 atom stereocenters. The predicted molar refractivity (Wildman–Crippen MR) is 123 cm³/mol. The minimum atomic E-state index is -2.26. The monoisotopic (exact) mass is 453 g/mol. The molecular formula is C24H34F3NO2Si. The van der Waals surface area contributed by atoms with E-state index in [9.17, 15) is 18.3 Å². The first kappa shape index (κ1) is 25.4. The Hall–Kier alpha value is -1.83. The number of anilines is 2. The van der Waals surface area contributed by atoms with Gasteiger partial charge in [0.2, 0.25) is 0 Å². The van der Waals surface area contributed by atoms with Gasteiger partial charge in [-0.2, -0.15) is 0 Å². The van der Waals surface area contributed by atoms with Crippen molar-refractivity contribution in [3.8, 4) is 0 Å². The fourth-order valence-corrected chi connectivity index (χ4v) is 10.1. The maximum atomic E-state index is 14.7. The lowest BCUT2D eigenvalue weighted by Crippen LogP contribution is -2.48. The maximum Gasteiger partial charge on any atom is 0.200 e. The highest BCUT2D eigenvalue weighted by Gasteiger charge is 2.45. The fraction of sp³-hybridized carbons (Fsp3) is 0.500. The van der Waals surface area contributed by atoms with Gasteiger partial charge < -0.3 is 14.8 Å². The van der Waals surface area contributed by atoms with Crippen LogP contribution in [0.15, 0.2) is 30.3 Å². The zero-order chi connectivity index (χ0) is 23.5. The molecular weight excluding hydrogens is 419 g/mol. The van der Waals surface area contributed by atoms with Crippen LogP contribution in [-0.2, 0) is 4.43 Å². The number of hydrogen-bond acceptors (Lipinski definition) is 3. The molecule has 0 bridgehead atoms. The Balaban J connectivity index is 2.38. The van der Waals surface area contributed by atoms with Gasteiger partial charge >= 0.3 is 0 Å². The molecule has 0 radical (unpaired) electrons. The minimum absolute atomic E-state index is 0.000249. The van der Waals surface area contributed by atoms with Gasteiger partial charge in [-0.15, -0.1) is 0 Å². The Bertz CT molecular complexity index is 881. The summed E-state index contributed by atoms with van der Waals surface area (Å²) in [7, 11) is -2.26. The van der Waals surface area contributed by atoms with Gasteiger partial charge in [0, 0.05) is 5.56 Å². The lowest BCUT2D eigenvalue weighted by molar-refractivity contribution is 0.0980. The van der Waals surface area contributed by atoms with E-state index < -0.39 is 31.9 Å². The molecule has 2 aromatic rings. The van der Waals surface area contributed by atoms with Crippen molar-refractivity contribution in [1.29, 1.82) is 0 Å². The van der Waals surface area contributed by atoms with E-state index in [0.717, 1.165) is 6.07 Å². The first-order valence-electron chi connectivity index (χ1n) is 10.7. The summed E-state index contributed by atoms with van der Waals surface area (Å²) < 4.78 is 49.4. The van der Waals surface area contributed by atoms with E-state index in [1.54, 1.807) is 13.0 Å². The number of aliphatic hydroxyl groups excluding tert-OH is 1. The molecule has 3 nitrogen and oxygen atoms in total. The number of halogens is 3. The molecule has 2 N–H and O–H groups in total. The van der Waals surface area contributed by atoms with Crippen LogP contribution in [0.5, 0.6) is 0 Å². The van der Waals surface area contributed by atoms with Crippen LogP contribution in [0.25, 0.3) is 0 Å². The summed E-state index contributed by atoms with van der Waals surface area (Å²) in [6.45, 7) is 14.5. The van der Waals surface area contributed by atoms with Crippen LogP contribution < -0.4 is 5.32 Å². The molecule has 0 aromatic heterocycles. The van der Waals surface area contributed by atoms with Crippen molar-refractivity contribution < 1.29 is 22.7 Å². The minimum Gasteiger partial charge on any atom is -0.413 e. The van der Waals surface area contributed by atoms with E-state index >= 15 is 0 Å². The standard InChI is InChI=1S/C24H34F3NO2Si/c1-14(2)31(15(3)4,16(5)6)30-13-22(29)18-9-10-19(25)23(27)24(18)28-21-11-8-17(7)12-20(21)26/h8-12,14-16,22,28-29H,13H2,1-7H3. The van der Waals surface area contributed by atoms with Gasteiger partial charge in [-0.1, -0.05) is 53.7 Å². The third-order valence-corrected chi connectivity index (χ3v) is 12.1. The lowest BCUT2D eigenvalue weighted by Gasteiger charge is -2.42. The van der Waals surface area contributed by atoms with E-state index in [-0.39, 0.29) is 23.5 Å². The van der Waals surface area contributed by atoms with Crippen LogP contribution in [0, 0.1) is 24.4 Å². The van der Waals surface area contributed by atoms with Gasteiger partial charge in [0.05, 0.1) is 18.0 Å².